The van der Waals surface area contributed by atoms with Gasteiger partial charge in [-0.3, -0.25) is 0 Å². The molecule has 0 spiro atoms. The highest BCUT2D eigenvalue weighted by atomic mass is 16.5. The van der Waals surface area contributed by atoms with E-state index in [1.54, 1.807) is 6.92 Å². The lowest BCUT2D eigenvalue weighted by Gasteiger charge is -2.07. The predicted molar refractivity (Wildman–Crippen MR) is 42.6 cm³/mol. The number of aromatic hydroxyl groups is 3. The van der Waals surface area contributed by atoms with Crippen molar-refractivity contribution in [3.8, 4) is 23.0 Å². The Morgan fingerprint density at radius 2 is 1.83 bits per heavy atom. The van der Waals surface area contributed by atoms with Gasteiger partial charge in [-0.25, -0.2) is 0 Å². The standard InChI is InChI=1S/C8H10O4/c1-2-12-6-4-3-5(9)7(10)8(6)11/h3-4,9-11H,2H2,1H3. The van der Waals surface area contributed by atoms with E-state index in [4.69, 9.17) is 14.9 Å². The highest BCUT2D eigenvalue weighted by molar-refractivity contribution is 5.56. The van der Waals surface area contributed by atoms with Crippen molar-refractivity contribution in [3.05, 3.63) is 12.1 Å². The van der Waals surface area contributed by atoms with Crippen LogP contribution in [0.15, 0.2) is 12.1 Å². The van der Waals surface area contributed by atoms with Crippen LogP contribution in [-0.4, -0.2) is 21.9 Å². The maximum Gasteiger partial charge on any atom is 0.204 e. The molecular formula is C8H10O4. The Morgan fingerprint density at radius 3 is 2.42 bits per heavy atom. The summed E-state index contributed by atoms with van der Waals surface area (Å²) in [7, 11) is 0. The monoisotopic (exact) mass is 170 g/mol. The second kappa shape index (κ2) is 3.21. The fourth-order valence-corrected chi connectivity index (χ4v) is 0.822. The summed E-state index contributed by atoms with van der Waals surface area (Å²) in [5, 5.41) is 27.1. The molecule has 0 aliphatic carbocycles. The number of phenolic OH excluding ortho intramolecular Hbond substituents is 3. The molecule has 0 radical (unpaired) electrons. The van der Waals surface area contributed by atoms with Crippen molar-refractivity contribution in [2.75, 3.05) is 6.61 Å². The molecule has 0 unspecified atom stereocenters. The third kappa shape index (κ3) is 1.37. The zero-order valence-electron chi connectivity index (χ0n) is 6.61. The van der Waals surface area contributed by atoms with E-state index < -0.39 is 11.5 Å². The first kappa shape index (κ1) is 8.52. The molecule has 0 amide bonds. The van der Waals surface area contributed by atoms with Gasteiger partial charge >= 0.3 is 0 Å². The summed E-state index contributed by atoms with van der Waals surface area (Å²) < 4.78 is 4.95. The summed E-state index contributed by atoms with van der Waals surface area (Å²) in [6.45, 7) is 2.14. The zero-order chi connectivity index (χ0) is 9.14. The normalized spacial score (nSPS) is 9.75. The molecule has 4 nitrogen and oxygen atoms in total. The average molecular weight is 170 g/mol. The maximum atomic E-state index is 9.17. The Hall–Kier alpha value is -1.58. The van der Waals surface area contributed by atoms with Crippen LogP contribution in [0.1, 0.15) is 6.92 Å². The SMILES string of the molecule is CCOc1ccc(O)c(O)c1O. The molecule has 1 rings (SSSR count). The Bertz CT molecular complexity index is 283. The molecule has 0 saturated carbocycles. The number of hydrogen-bond acceptors (Lipinski definition) is 4. The van der Waals surface area contributed by atoms with Crippen LogP contribution in [0.3, 0.4) is 0 Å². The summed E-state index contributed by atoms with van der Waals surface area (Å²) in [6, 6.07) is 2.63. The van der Waals surface area contributed by atoms with E-state index in [0.29, 0.717) is 6.61 Å². The van der Waals surface area contributed by atoms with Gasteiger partial charge in [0.2, 0.25) is 11.5 Å². The van der Waals surface area contributed by atoms with Gasteiger partial charge in [-0.2, -0.15) is 0 Å². The smallest absolute Gasteiger partial charge is 0.204 e. The van der Waals surface area contributed by atoms with Gasteiger partial charge < -0.3 is 20.1 Å². The van der Waals surface area contributed by atoms with E-state index in [2.05, 4.69) is 0 Å². The molecule has 0 heterocycles. The van der Waals surface area contributed by atoms with Crippen molar-refractivity contribution in [1.29, 1.82) is 0 Å². The molecule has 4 heteroatoms. The summed E-state index contributed by atoms with van der Waals surface area (Å²) in [5.41, 5.74) is 0. The summed E-state index contributed by atoms with van der Waals surface area (Å²) in [5.74, 6) is -1.19. The third-order valence-electron chi connectivity index (χ3n) is 1.39. The maximum absolute atomic E-state index is 9.17. The second-order valence-electron chi connectivity index (χ2n) is 2.21. The van der Waals surface area contributed by atoms with Gasteiger partial charge in [-0.15, -0.1) is 0 Å². The number of hydrogen-bond donors (Lipinski definition) is 3. The molecule has 12 heavy (non-hydrogen) atoms. The molecule has 3 N–H and O–H groups in total. The fourth-order valence-electron chi connectivity index (χ4n) is 0.822. The second-order valence-corrected chi connectivity index (χ2v) is 2.21. The van der Waals surface area contributed by atoms with Gasteiger partial charge in [0.1, 0.15) is 0 Å². The number of phenols is 3. The van der Waals surface area contributed by atoms with Crippen molar-refractivity contribution >= 4 is 0 Å². The molecule has 66 valence electrons. The van der Waals surface area contributed by atoms with Gasteiger partial charge in [-0.05, 0) is 19.1 Å². The van der Waals surface area contributed by atoms with Crippen LogP contribution in [0.25, 0.3) is 0 Å². The Kier molecular flexibility index (Phi) is 2.28. The first-order valence-electron chi connectivity index (χ1n) is 3.53. The van der Waals surface area contributed by atoms with Crippen LogP contribution in [0, 0.1) is 0 Å². The largest absolute Gasteiger partial charge is 0.504 e. The van der Waals surface area contributed by atoms with Crippen molar-refractivity contribution in [3.63, 3.8) is 0 Å². The molecule has 1 aromatic rings. The molecule has 0 aromatic heterocycles. The van der Waals surface area contributed by atoms with Crippen LogP contribution in [0.4, 0.5) is 0 Å². The quantitative estimate of drug-likeness (QED) is 0.583. The summed E-state index contributed by atoms with van der Waals surface area (Å²) in [4.78, 5) is 0. The van der Waals surface area contributed by atoms with Gasteiger partial charge in [0.05, 0.1) is 6.61 Å². The average Bonchev–Trinajstić information content (AvgIpc) is 2.07. The lowest BCUT2D eigenvalue weighted by atomic mass is 10.3. The molecule has 0 fully saturated rings. The van der Waals surface area contributed by atoms with Gasteiger partial charge in [0, 0.05) is 0 Å². The topological polar surface area (TPSA) is 69.9 Å². The lowest BCUT2D eigenvalue weighted by Crippen LogP contribution is -1.91. The van der Waals surface area contributed by atoms with E-state index in [-0.39, 0.29) is 11.5 Å². The lowest BCUT2D eigenvalue weighted by molar-refractivity contribution is 0.303. The highest BCUT2D eigenvalue weighted by Crippen LogP contribution is 2.41. The first-order chi connectivity index (χ1) is 5.66. The minimum Gasteiger partial charge on any atom is -0.504 e. The summed E-state index contributed by atoms with van der Waals surface area (Å²) in [6.07, 6.45) is 0. The third-order valence-corrected chi connectivity index (χ3v) is 1.39. The van der Waals surface area contributed by atoms with E-state index in [1.807, 2.05) is 0 Å². The Balaban J connectivity index is 3.08. The van der Waals surface area contributed by atoms with Crippen LogP contribution in [-0.2, 0) is 0 Å². The van der Waals surface area contributed by atoms with Crippen LogP contribution in [0.5, 0.6) is 23.0 Å². The Labute approximate surface area is 69.7 Å². The Morgan fingerprint density at radius 1 is 1.17 bits per heavy atom. The molecule has 0 atom stereocenters. The molecule has 0 bridgehead atoms. The van der Waals surface area contributed by atoms with Gasteiger partial charge in [0.15, 0.2) is 11.5 Å². The first-order valence-corrected chi connectivity index (χ1v) is 3.53. The van der Waals surface area contributed by atoms with E-state index >= 15 is 0 Å². The summed E-state index contributed by atoms with van der Waals surface area (Å²) >= 11 is 0. The van der Waals surface area contributed by atoms with E-state index in [1.165, 1.54) is 12.1 Å². The minimum atomic E-state index is -0.555. The van der Waals surface area contributed by atoms with Crippen molar-refractivity contribution in [1.82, 2.24) is 0 Å². The number of rotatable bonds is 2. The van der Waals surface area contributed by atoms with Gasteiger partial charge in [0.25, 0.3) is 0 Å². The zero-order valence-corrected chi connectivity index (χ0v) is 6.61. The minimum absolute atomic E-state index is 0.160. The molecular weight excluding hydrogens is 160 g/mol. The van der Waals surface area contributed by atoms with Crippen molar-refractivity contribution in [2.45, 2.75) is 6.92 Å². The predicted octanol–water partition coefficient (Wildman–Crippen LogP) is 1.20. The fraction of sp³-hybridized carbons (Fsp3) is 0.250. The van der Waals surface area contributed by atoms with Crippen molar-refractivity contribution in [2.24, 2.45) is 0 Å². The number of ether oxygens (including phenoxy) is 1. The molecule has 1 aromatic carbocycles. The van der Waals surface area contributed by atoms with Crippen LogP contribution < -0.4 is 4.74 Å². The van der Waals surface area contributed by atoms with Gasteiger partial charge in [-0.1, -0.05) is 0 Å². The highest BCUT2D eigenvalue weighted by Gasteiger charge is 2.10. The van der Waals surface area contributed by atoms with E-state index in [9.17, 15) is 5.11 Å². The van der Waals surface area contributed by atoms with Crippen LogP contribution in [0.2, 0.25) is 0 Å². The molecule has 0 saturated heterocycles. The molecule has 0 aliphatic heterocycles. The molecule has 0 aliphatic rings. The van der Waals surface area contributed by atoms with Crippen LogP contribution >= 0.6 is 0 Å². The van der Waals surface area contributed by atoms with Crippen molar-refractivity contribution < 1.29 is 20.1 Å². The van der Waals surface area contributed by atoms with E-state index in [0.717, 1.165) is 0 Å². The number of benzene rings is 1.